The molecule has 32 heavy (non-hydrogen) atoms. The molecule has 3 rings (SSSR count). The molecule has 0 radical (unpaired) electrons. The summed E-state index contributed by atoms with van der Waals surface area (Å²) < 4.78 is 14.0. The predicted molar refractivity (Wildman–Crippen MR) is 119 cm³/mol. The van der Waals surface area contributed by atoms with Gasteiger partial charge in [-0.05, 0) is 65.0 Å². The first-order chi connectivity index (χ1) is 15.1. The smallest absolute Gasteiger partial charge is 0.380 e. The molecule has 0 fully saturated rings. The van der Waals surface area contributed by atoms with E-state index in [0.717, 1.165) is 22.8 Å². The number of hydrogen-bond donors (Lipinski definition) is 0. The number of ketones is 2. The fraction of sp³-hybridized carbons (Fsp3) is 0.333. The highest BCUT2D eigenvalue weighted by atomic mass is 16.5. The van der Waals surface area contributed by atoms with Gasteiger partial charge >= 0.3 is 5.97 Å². The first-order valence-corrected chi connectivity index (χ1v) is 10.3. The maximum atomic E-state index is 12.8. The van der Waals surface area contributed by atoms with Gasteiger partial charge in [0.15, 0.2) is 6.61 Å². The van der Waals surface area contributed by atoms with Crippen LogP contribution in [0.2, 0.25) is 0 Å². The lowest BCUT2D eigenvalue weighted by Crippen LogP contribution is -2.22. The summed E-state index contributed by atoms with van der Waals surface area (Å²) in [6, 6.07) is 9.32. The summed E-state index contributed by atoms with van der Waals surface area (Å²) in [5.74, 6) is -1.49. The van der Waals surface area contributed by atoms with Crippen molar-refractivity contribution in [2.45, 2.75) is 34.6 Å². The molecule has 1 aromatic carbocycles. The van der Waals surface area contributed by atoms with E-state index in [1.54, 1.807) is 27.0 Å². The summed E-state index contributed by atoms with van der Waals surface area (Å²) in [6.45, 7) is 9.05. The summed E-state index contributed by atoms with van der Waals surface area (Å²) in [6.07, 6.45) is 0. The Kier molecular flexibility index (Phi) is 6.62. The second-order valence-electron chi connectivity index (χ2n) is 7.54. The molecule has 2 heterocycles. The maximum absolute atomic E-state index is 12.8. The number of ether oxygens (including phenoxy) is 2. The molecule has 0 saturated carbocycles. The van der Waals surface area contributed by atoms with Crippen LogP contribution in [0, 0.1) is 27.7 Å². The van der Waals surface area contributed by atoms with Crippen LogP contribution < -0.4 is 4.74 Å². The van der Waals surface area contributed by atoms with E-state index < -0.39 is 18.4 Å². The highest BCUT2D eigenvalue weighted by Gasteiger charge is 2.26. The number of Topliss-reactive ketones (excluding diaryl/α,β-unsaturated/α-hetero) is 2. The number of carbonyl (C=O) groups is 3. The van der Waals surface area contributed by atoms with E-state index in [1.165, 1.54) is 4.68 Å². The Morgan fingerprint density at radius 2 is 1.66 bits per heavy atom. The fourth-order valence-corrected chi connectivity index (χ4v) is 3.78. The molecule has 0 amide bonds. The minimum absolute atomic E-state index is 0.207. The van der Waals surface area contributed by atoms with Crippen molar-refractivity contribution in [3.8, 4) is 11.4 Å². The average molecular weight is 437 g/mol. The number of nitrogens with zero attached hydrogens (tertiary/aromatic N) is 3. The number of hydrogen-bond acceptors (Lipinski definition) is 6. The fourth-order valence-electron chi connectivity index (χ4n) is 3.78. The first kappa shape index (κ1) is 23.0. The number of aromatic nitrogens is 3. The minimum Gasteiger partial charge on any atom is -0.494 e. The summed E-state index contributed by atoms with van der Waals surface area (Å²) in [5.41, 5.74) is 4.12. The maximum Gasteiger partial charge on any atom is 0.380 e. The Morgan fingerprint density at radius 3 is 2.22 bits per heavy atom. The Morgan fingerprint density at radius 1 is 1.00 bits per heavy atom. The van der Waals surface area contributed by atoms with Gasteiger partial charge in [-0.3, -0.25) is 14.3 Å². The number of carbonyl (C=O) groups excluding carboxylic acids is 3. The molecule has 8 nitrogen and oxygen atoms in total. The monoisotopic (exact) mass is 437 g/mol. The van der Waals surface area contributed by atoms with Crippen molar-refractivity contribution in [3.63, 3.8) is 0 Å². The van der Waals surface area contributed by atoms with Crippen molar-refractivity contribution in [2.24, 2.45) is 7.05 Å². The Labute approximate surface area is 186 Å². The highest BCUT2D eigenvalue weighted by molar-refractivity contribution is 6.41. The molecule has 0 aliphatic heterocycles. The molecule has 0 atom stereocenters. The van der Waals surface area contributed by atoms with E-state index in [-0.39, 0.29) is 11.3 Å². The summed E-state index contributed by atoms with van der Waals surface area (Å²) in [4.78, 5) is 37.5. The van der Waals surface area contributed by atoms with E-state index in [9.17, 15) is 14.4 Å². The van der Waals surface area contributed by atoms with E-state index >= 15 is 0 Å². The topological polar surface area (TPSA) is 92.4 Å². The lowest BCUT2D eigenvalue weighted by atomic mass is 10.1. The van der Waals surface area contributed by atoms with Crippen LogP contribution in [0.15, 0.2) is 30.3 Å². The van der Waals surface area contributed by atoms with Gasteiger partial charge in [0.2, 0.25) is 5.78 Å². The Hall–Kier alpha value is -3.68. The van der Waals surface area contributed by atoms with Crippen molar-refractivity contribution in [1.82, 2.24) is 14.3 Å². The molecule has 0 aliphatic carbocycles. The Balaban J connectivity index is 1.74. The van der Waals surface area contributed by atoms with Gasteiger partial charge in [0.05, 0.1) is 17.9 Å². The van der Waals surface area contributed by atoms with Crippen molar-refractivity contribution < 1.29 is 23.9 Å². The molecule has 0 spiro atoms. The predicted octanol–water partition coefficient (Wildman–Crippen LogP) is 3.45. The van der Waals surface area contributed by atoms with E-state index in [2.05, 4.69) is 5.10 Å². The van der Waals surface area contributed by atoms with Gasteiger partial charge in [-0.15, -0.1) is 0 Å². The third-order valence-electron chi connectivity index (χ3n) is 5.39. The molecular weight excluding hydrogens is 410 g/mol. The van der Waals surface area contributed by atoms with Crippen LogP contribution in [-0.4, -0.2) is 45.1 Å². The van der Waals surface area contributed by atoms with E-state index in [0.29, 0.717) is 23.6 Å². The van der Waals surface area contributed by atoms with Crippen molar-refractivity contribution in [2.75, 3.05) is 13.2 Å². The van der Waals surface area contributed by atoms with Crippen LogP contribution in [0.4, 0.5) is 0 Å². The largest absolute Gasteiger partial charge is 0.494 e. The molecule has 0 saturated heterocycles. The lowest BCUT2D eigenvalue weighted by Gasteiger charge is -2.11. The van der Waals surface area contributed by atoms with Crippen molar-refractivity contribution >= 4 is 17.5 Å². The molecular formula is C24H27N3O5. The summed E-state index contributed by atoms with van der Waals surface area (Å²) >= 11 is 0. The normalized spacial score (nSPS) is 10.8. The molecule has 0 N–H and O–H groups in total. The molecule has 8 heteroatoms. The second-order valence-corrected chi connectivity index (χ2v) is 7.54. The average Bonchev–Trinajstić information content (AvgIpc) is 3.20. The standard InChI is InChI=1S/C24H27N3O5/c1-7-31-19-10-8-18(9-11-19)27-14(2)12-20(16(27)4)21(28)13-32-24(30)23(29)22-15(3)25-26(6)17(22)5/h8-12H,7,13H2,1-6H3. The zero-order valence-electron chi connectivity index (χ0n) is 19.2. The van der Waals surface area contributed by atoms with Gasteiger partial charge in [-0.25, -0.2) is 4.79 Å². The first-order valence-electron chi connectivity index (χ1n) is 10.3. The van der Waals surface area contributed by atoms with Crippen LogP contribution >= 0.6 is 0 Å². The lowest BCUT2D eigenvalue weighted by molar-refractivity contribution is -0.137. The SMILES string of the molecule is CCOc1ccc(-n2c(C)cc(C(=O)COC(=O)C(=O)c3c(C)nn(C)c3C)c2C)cc1. The number of rotatable bonds is 8. The number of esters is 1. The minimum atomic E-state index is -1.07. The van der Waals surface area contributed by atoms with Crippen LogP contribution in [0.1, 0.15) is 50.4 Å². The third kappa shape index (κ3) is 4.34. The van der Waals surface area contributed by atoms with E-state index in [1.807, 2.05) is 49.6 Å². The van der Waals surface area contributed by atoms with Crippen LogP contribution in [0.3, 0.4) is 0 Å². The molecule has 3 aromatic rings. The van der Waals surface area contributed by atoms with Crippen LogP contribution in [0.5, 0.6) is 5.75 Å². The van der Waals surface area contributed by atoms with Gasteiger partial charge < -0.3 is 14.0 Å². The van der Waals surface area contributed by atoms with Gasteiger partial charge in [0.25, 0.3) is 5.78 Å². The third-order valence-corrected chi connectivity index (χ3v) is 5.39. The number of benzene rings is 1. The van der Waals surface area contributed by atoms with Crippen LogP contribution in [0.25, 0.3) is 5.69 Å². The van der Waals surface area contributed by atoms with Gasteiger partial charge in [-0.1, -0.05) is 0 Å². The van der Waals surface area contributed by atoms with Crippen molar-refractivity contribution in [1.29, 1.82) is 0 Å². The number of aryl methyl sites for hydroxylation is 3. The zero-order chi connectivity index (χ0) is 23.6. The van der Waals surface area contributed by atoms with Gasteiger partial charge in [0.1, 0.15) is 5.75 Å². The van der Waals surface area contributed by atoms with Gasteiger partial charge in [-0.2, -0.15) is 5.10 Å². The molecule has 0 aliphatic rings. The van der Waals surface area contributed by atoms with Gasteiger partial charge in [0, 0.05) is 35.4 Å². The molecule has 168 valence electrons. The molecule has 0 bridgehead atoms. The molecule has 2 aromatic heterocycles. The van der Waals surface area contributed by atoms with Crippen molar-refractivity contribution in [3.05, 3.63) is 64.2 Å². The summed E-state index contributed by atoms with van der Waals surface area (Å²) in [5, 5.41) is 4.14. The highest BCUT2D eigenvalue weighted by Crippen LogP contribution is 2.23. The van der Waals surface area contributed by atoms with E-state index in [4.69, 9.17) is 9.47 Å². The Bertz CT molecular complexity index is 1190. The van der Waals surface area contributed by atoms with Crippen LogP contribution in [-0.2, 0) is 16.6 Å². The molecule has 0 unspecified atom stereocenters. The zero-order valence-corrected chi connectivity index (χ0v) is 19.2. The summed E-state index contributed by atoms with van der Waals surface area (Å²) in [7, 11) is 1.69. The quantitative estimate of drug-likeness (QED) is 0.304. The second kappa shape index (κ2) is 9.21.